The second-order valence-electron chi connectivity index (χ2n) is 6.59. The molecule has 1 aliphatic heterocycles. The highest BCUT2D eigenvalue weighted by Crippen LogP contribution is 2.14. The zero-order chi connectivity index (χ0) is 17.6. The molecule has 0 aliphatic carbocycles. The molecule has 0 aromatic heterocycles. The van der Waals surface area contributed by atoms with Gasteiger partial charge in [0.25, 0.3) is 5.91 Å². The lowest BCUT2D eigenvalue weighted by atomic mass is 10.1. The standard InChI is InChI=1S/C17H25N3O4/c1-17(2,3)24-20(18-13-21)12-14-4-6-15(7-5-14)16(22)19-8-10-23-11-9-19/h4-7,13H,8-12H2,1-3H3,(H,18,21). The third-order valence-corrected chi connectivity index (χ3v) is 3.41. The molecule has 0 unspecified atom stereocenters. The lowest BCUT2D eigenvalue weighted by Crippen LogP contribution is -2.42. The molecule has 0 saturated carbocycles. The van der Waals surface area contributed by atoms with Crippen molar-refractivity contribution in [2.45, 2.75) is 32.9 Å². The molecular formula is C17H25N3O4. The second kappa shape index (κ2) is 8.23. The number of hydrazine groups is 1. The summed E-state index contributed by atoms with van der Waals surface area (Å²) < 4.78 is 5.26. The summed E-state index contributed by atoms with van der Waals surface area (Å²) >= 11 is 0. The fourth-order valence-corrected chi connectivity index (χ4v) is 2.36. The number of rotatable bonds is 6. The number of carbonyl (C=O) groups is 2. The van der Waals surface area contributed by atoms with Crippen LogP contribution in [0.3, 0.4) is 0 Å². The van der Waals surface area contributed by atoms with Crippen molar-refractivity contribution in [3.8, 4) is 0 Å². The largest absolute Gasteiger partial charge is 0.378 e. The summed E-state index contributed by atoms with van der Waals surface area (Å²) in [6.45, 7) is 8.49. The maximum absolute atomic E-state index is 12.4. The van der Waals surface area contributed by atoms with Crippen molar-refractivity contribution in [3.63, 3.8) is 0 Å². The number of hydroxylamine groups is 1. The van der Waals surface area contributed by atoms with E-state index >= 15 is 0 Å². The number of morpholine rings is 1. The Bertz CT molecular complexity index is 548. The normalized spacial score (nSPS) is 15.4. The molecule has 1 heterocycles. The minimum Gasteiger partial charge on any atom is -0.378 e. The fourth-order valence-electron chi connectivity index (χ4n) is 2.36. The van der Waals surface area contributed by atoms with Gasteiger partial charge in [-0.15, -0.1) is 0 Å². The van der Waals surface area contributed by atoms with Crippen LogP contribution >= 0.6 is 0 Å². The molecule has 1 aliphatic rings. The first kappa shape index (κ1) is 18.4. The Kier molecular flexibility index (Phi) is 6.30. The summed E-state index contributed by atoms with van der Waals surface area (Å²) in [6.07, 6.45) is 0.571. The van der Waals surface area contributed by atoms with Crippen LogP contribution in [0.25, 0.3) is 0 Å². The van der Waals surface area contributed by atoms with E-state index in [9.17, 15) is 9.59 Å². The molecule has 1 aromatic rings. The quantitative estimate of drug-likeness (QED) is 0.628. The Morgan fingerprint density at radius 1 is 1.29 bits per heavy atom. The highest BCUT2D eigenvalue weighted by molar-refractivity contribution is 5.94. The Labute approximate surface area is 142 Å². The molecule has 0 bridgehead atoms. The topological polar surface area (TPSA) is 71.1 Å². The van der Waals surface area contributed by atoms with E-state index in [2.05, 4.69) is 5.43 Å². The number of carbonyl (C=O) groups excluding carboxylic acids is 2. The van der Waals surface area contributed by atoms with Crippen LogP contribution in [-0.2, 0) is 20.9 Å². The summed E-state index contributed by atoms with van der Waals surface area (Å²) in [7, 11) is 0. The van der Waals surface area contributed by atoms with Crippen molar-refractivity contribution in [1.29, 1.82) is 0 Å². The van der Waals surface area contributed by atoms with Gasteiger partial charge in [0.1, 0.15) is 0 Å². The molecule has 0 spiro atoms. The highest BCUT2D eigenvalue weighted by Gasteiger charge is 2.19. The first-order chi connectivity index (χ1) is 11.4. The maximum atomic E-state index is 12.4. The van der Waals surface area contributed by atoms with Crippen LogP contribution in [-0.4, -0.2) is 54.3 Å². The third-order valence-electron chi connectivity index (χ3n) is 3.41. The van der Waals surface area contributed by atoms with Crippen molar-refractivity contribution in [2.75, 3.05) is 26.3 Å². The van der Waals surface area contributed by atoms with Crippen LogP contribution in [0.15, 0.2) is 24.3 Å². The van der Waals surface area contributed by atoms with E-state index in [1.807, 2.05) is 32.9 Å². The van der Waals surface area contributed by atoms with Crippen LogP contribution in [0.5, 0.6) is 0 Å². The number of nitrogens with zero attached hydrogens (tertiary/aromatic N) is 2. The van der Waals surface area contributed by atoms with E-state index in [0.717, 1.165) is 5.56 Å². The number of amides is 2. The summed E-state index contributed by atoms with van der Waals surface area (Å²) in [5.41, 5.74) is 3.66. The van der Waals surface area contributed by atoms with Gasteiger partial charge in [-0.3, -0.25) is 19.9 Å². The first-order valence-electron chi connectivity index (χ1n) is 8.01. The van der Waals surface area contributed by atoms with Crippen molar-refractivity contribution in [1.82, 2.24) is 15.5 Å². The Morgan fingerprint density at radius 2 is 1.92 bits per heavy atom. The predicted molar refractivity (Wildman–Crippen MR) is 88.7 cm³/mol. The van der Waals surface area contributed by atoms with Gasteiger partial charge in [0.2, 0.25) is 6.41 Å². The van der Waals surface area contributed by atoms with Crippen molar-refractivity contribution in [3.05, 3.63) is 35.4 Å². The van der Waals surface area contributed by atoms with Gasteiger partial charge in [-0.2, -0.15) is 0 Å². The summed E-state index contributed by atoms with van der Waals surface area (Å²) in [5.74, 6) is 0.0127. The van der Waals surface area contributed by atoms with Gasteiger partial charge in [-0.25, -0.2) is 0 Å². The monoisotopic (exact) mass is 335 g/mol. The van der Waals surface area contributed by atoms with E-state index in [1.54, 1.807) is 17.0 Å². The summed E-state index contributed by atoms with van der Waals surface area (Å²) in [6, 6.07) is 7.31. The molecule has 0 radical (unpaired) electrons. The van der Waals surface area contributed by atoms with Crippen LogP contribution in [0.1, 0.15) is 36.7 Å². The molecule has 1 aromatic carbocycles. The second-order valence-corrected chi connectivity index (χ2v) is 6.59. The molecule has 2 rings (SSSR count). The minimum atomic E-state index is -0.428. The molecular weight excluding hydrogens is 310 g/mol. The van der Waals surface area contributed by atoms with E-state index in [1.165, 1.54) is 5.17 Å². The van der Waals surface area contributed by atoms with Gasteiger partial charge in [-0.1, -0.05) is 17.3 Å². The molecule has 24 heavy (non-hydrogen) atoms. The SMILES string of the molecule is CC(C)(C)ON(Cc1ccc(C(=O)N2CCOCC2)cc1)NC=O. The van der Waals surface area contributed by atoms with Gasteiger partial charge >= 0.3 is 0 Å². The number of hydrogen-bond acceptors (Lipinski definition) is 5. The van der Waals surface area contributed by atoms with E-state index in [0.29, 0.717) is 44.8 Å². The average molecular weight is 335 g/mol. The number of ether oxygens (including phenoxy) is 1. The van der Waals surface area contributed by atoms with Gasteiger partial charge < -0.3 is 9.64 Å². The Morgan fingerprint density at radius 3 is 2.46 bits per heavy atom. The third kappa shape index (κ3) is 5.59. The van der Waals surface area contributed by atoms with Crippen molar-refractivity contribution in [2.24, 2.45) is 0 Å². The van der Waals surface area contributed by atoms with Crippen LogP contribution in [0, 0.1) is 0 Å². The van der Waals surface area contributed by atoms with Crippen LogP contribution < -0.4 is 5.43 Å². The van der Waals surface area contributed by atoms with Crippen LogP contribution in [0.4, 0.5) is 0 Å². The number of nitrogens with one attached hydrogen (secondary N) is 1. The number of hydrogen-bond donors (Lipinski definition) is 1. The van der Waals surface area contributed by atoms with Gasteiger partial charge in [0, 0.05) is 18.7 Å². The smallest absolute Gasteiger partial charge is 0.254 e. The first-order valence-corrected chi connectivity index (χ1v) is 8.01. The van der Waals surface area contributed by atoms with Crippen molar-refractivity contribution >= 4 is 12.3 Å². The molecule has 7 heteroatoms. The predicted octanol–water partition coefficient (Wildman–Crippen LogP) is 1.35. The average Bonchev–Trinajstić information content (AvgIpc) is 2.54. The maximum Gasteiger partial charge on any atom is 0.254 e. The summed E-state index contributed by atoms with van der Waals surface area (Å²) in [5, 5.41) is 1.38. The van der Waals surface area contributed by atoms with E-state index in [4.69, 9.17) is 9.57 Å². The van der Waals surface area contributed by atoms with Crippen LogP contribution in [0.2, 0.25) is 0 Å². The molecule has 7 nitrogen and oxygen atoms in total. The zero-order valence-electron chi connectivity index (χ0n) is 14.4. The Hall–Kier alpha value is -1.96. The Balaban J connectivity index is 1.99. The lowest BCUT2D eigenvalue weighted by molar-refractivity contribution is -0.258. The van der Waals surface area contributed by atoms with E-state index in [-0.39, 0.29) is 5.91 Å². The van der Waals surface area contributed by atoms with Gasteiger partial charge in [0.15, 0.2) is 0 Å². The number of benzene rings is 1. The highest BCUT2D eigenvalue weighted by atomic mass is 16.7. The molecule has 132 valence electrons. The fraction of sp³-hybridized carbons (Fsp3) is 0.529. The van der Waals surface area contributed by atoms with E-state index < -0.39 is 5.60 Å². The van der Waals surface area contributed by atoms with Gasteiger partial charge in [-0.05, 0) is 38.5 Å². The molecule has 2 amide bonds. The van der Waals surface area contributed by atoms with Crippen molar-refractivity contribution < 1.29 is 19.2 Å². The molecule has 1 fully saturated rings. The summed E-state index contributed by atoms with van der Waals surface area (Å²) in [4.78, 5) is 30.6. The molecule has 0 atom stereocenters. The lowest BCUT2D eigenvalue weighted by Gasteiger charge is -2.29. The molecule has 1 saturated heterocycles. The minimum absolute atomic E-state index is 0.0127. The zero-order valence-corrected chi connectivity index (χ0v) is 14.4. The van der Waals surface area contributed by atoms with Gasteiger partial charge in [0.05, 0.1) is 25.4 Å². The molecule has 1 N–H and O–H groups in total.